The second kappa shape index (κ2) is 3.46. The third-order valence-electron chi connectivity index (χ3n) is 1.90. The summed E-state index contributed by atoms with van der Waals surface area (Å²) in [6.45, 7) is 1.66. The van der Waals surface area contributed by atoms with Gasteiger partial charge in [0, 0.05) is 5.56 Å². The molecule has 1 atom stereocenters. The molecule has 1 aromatic rings. The van der Waals surface area contributed by atoms with Crippen molar-refractivity contribution in [2.24, 2.45) is 5.73 Å². The van der Waals surface area contributed by atoms with E-state index in [0.717, 1.165) is 0 Å². The topological polar surface area (TPSA) is 59.0 Å². The predicted molar refractivity (Wildman–Crippen MR) is 50.1 cm³/mol. The average molecular weight is 176 g/mol. The highest BCUT2D eigenvalue weighted by Gasteiger charge is 2.23. The molecule has 0 radical (unpaired) electrons. The summed E-state index contributed by atoms with van der Waals surface area (Å²) in [5, 5.41) is 8.84. The van der Waals surface area contributed by atoms with E-state index in [4.69, 9.17) is 15.7 Å². The minimum absolute atomic E-state index is 0.647. The van der Waals surface area contributed by atoms with Crippen LogP contribution in [0.2, 0.25) is 0 Å². The molecule has 0 fully saturated rings. The molecule has 0 aliphatic carbocycles. The van der Waals surface area contributed by atoms with Crippen LogP contribution in [0.1, 0.15) is 12.5 Å². The van der Waals surface area contributed by atoms with E-state index in [0.29, 0.717) is 11.3 Å². The van der Waals surface area contributed by atoms with E-state index in [9.17, 15) is 0 Å². The van der Waals surface area contributed by atoms with Crippen molar-refractivity contribution >= 4 is 0 Å². The van der Waals surface area contributed by atoms with Crippen molar-refractivity contribution in [3.8, 4) is 11.8 Å². The van der Waals surface area contributed by atoms with Crippen LogP contribution in [0.15, 0.2) is 24.3 Å². The number of nitrogens with zero attached hydrogens (tertiary/aromatic N) is 1. The summed E-state index contributed by atoms with van der Waals surface area (Å²) in [4.78, 5) is 0. The Bertz CT molecular complexity index is 339. The molecule has 0 saturated heterocycles. The summed E-state index contributed by atoms with van der Waals surface area (Å²) in [6.07, 6.45) is 0. The molecule has 1 aromatic carbocycles. The van der Waals surface area contributed by atoms with Crippen molar-refractivity contribution < 1.29 is 4.74 Å². The molecule has 3 heteroatoms. The number of para-hydroxylation sites is 1. The Hall–Kier alpha value is -1.53. The Morgan fingerprint density at radius 3 is 2.62 bits per heavy atom. The van der Waals surface area contributed by atoms with Gasteiger partial charge in [0.2, 0.25) is 0 Å². The molecule has 3 nitrogen and oxygen atoms in total. The number of benzene rings is 1. The predicted octanol–water partition coefficient (Wildman–Crippen LogP) is 1.39. The molecule has 0 spiro atoms. The monoisotopic (exact) mass is 176 g/mol. The Kier molecular flexibility index (Phi) is 2.54. The van der Waals surface area contributed by atoms with Crippen LogP contribution in [-0.4, -0.2) is 7.11 Å². The molecule has 0 saturated carbocycles. The standard InChI is InChI=1S/C10H12N2O/c1-10(12,7-11)8-5-3-4-6-9(8)13-2/h3-6H,12H2,1-2H3. The van der Waals surface area contributed by atoms with Crippen molar-refractivity contribution in [3.05, 3.63) is 29.8 Å². The van der Waals surface area contributed by atoms with E-state index in [2.05, 4.69) is 0 Å². The number of nitrogens with two attached hydrogens (primary N) is 1. The SMILES string of the molecule is COc1ccccc1C(C)(N)C#N. The van der Waals surface area contributed by atoms with Crippen LogP contribution in [-0.2, 0) is 5.54 Å². The van der Waals surface area contributed by atoms with Crippen molar-refractivity contribution in [3.63, 3.8) is 0 Å². The third kappa shape index (κ3) is 1.79. The summed E-state index contributed by atoms with van der Waals surface area (Å²) in [7, 11) is 1.56. The molecule has 1 unspecified atom stereocenters. The van der Waals surface area contributed by atoms with Gasteiger partial charge in [-0.25, -0.2) is 0 Å². The van der Waals surface area contributed by atoms with Gasteiger partial charge in [0.05, 0.1) is 13.2 Å². The van der Waals surface area contributed by atoms with E-state index in [-0.39, 0.29) is 0 Å². The van der Waals surface area contributed by atoms with Gasteiger partial charge >= 0.3 is 0 Å². The zero-order chi connectivity index (χ0) is 9.90. The summed E-state index contributed by atoms with van der Waals surface area (Å²) in [5.41, 5.74) is 5.49. The number of hydrogen-bond acceptors (Lipinski definition) is 3. The maximum Gasteiger partial charge on any atom is 0.130 e. The molecule has 1 rings (SSSR count). The fraction of sp³-hybridized carbons (Fsp3) is 0.300. The zero-order valence-electron chi connectivity index (χ0n) is 7.74. The van der Waals surface area contributed by atoms with Crippen LogP contribution < -0.4 is 10.5 Å². The number of rotatable bonds is 2. The van der Waals surface area contributed by atoms with Crippen molar-refractivity contribution in [1.82, 2.24) is 0 Å². The second-order valence-electron chi connectivity index (χ2n) is 3.01. The van der Waals surface area contributed by atoms with Gasteiger partial charge < -0.3 is 10.5 Å². The Morgan fingerprint density at radius 2 is 2.08 bits per heavy atom. The normalized spacial score (nSPS) is 14.3. The molecule has 0 aromatic heterocycles. The van der Waals surface area contributed by atoms with Crippen LogP contribution in [0.5, 0.6) is 5.75 Å². The first kappa shape index (κ1) is 9.56. The van der Waals surface area contributed by atoms with Gasteiger partial charge in [0.1, 0.15) is 11.3 Å². The Labute approximate surface area is 77.7 Å². The first-order chi connectivity index (χ1) is 6.11. The van der Waals surface area contributed by atoms with Crippen LogP contribution >= 0.6 is 0 Å². The highest BCUT2D eigenvalue weighted by Crippen LogP contribution is 2.26. The minimum atomic E-state index is -0.993. The van der Waals surface area contributed by atoms with E-state index < -0.39 is 5.54 Å². The van der Waals surface area contributed by atoms with Gasteiger partial charge in [0.25, 0.3) is 0 Å². The molecule has 0 amide bonds. The lowest BCUT2D eigenvalue weighted by atomic mass is 9.94. The summed E-state index contributed by atoms with van der Waals surface area (Å²) < 4.78 is 5.10. The van der Waals surface area contributed by atoms with Crippen LogP contribution in [0.3, 0.4) is 0 Å². The summed E-state index contributed by atoms with van der Waals surface area (Å²) in [6, 6.07) is 9.29. The van der Waals surface area contributed by atoms with Crippen LogP contribution in [0, 0.1) is 11.3 Å². The van der Waals surface area contributed by atoms with Crippen molar-refractivity contribution in [2.75, 3.05) is 7.11 Å². The highest BCUT2D eigenvalue weighted by molar-refractivity contribution is 5.41. The van der Waals surface area contributed by atoms with Gasteiger partial charge in [0.15, 0.2) is 0 Å². The maximum absolute atomic E-state index is 8.84. The van der Waals surface area contributed by atoms with Gasteiger partial charge in [-0.3, -0.25) is 0 Å². The lowest BCUT2D eigenvalue weighted by molar-refractivity contribution is 0.401. The Morgan fingerprint density at radius 1 is 1.46 bits per heavy atom. The molecular weight excluding hydrogens is 164 g/mol. The molecule has 0 bridgehead atoms. The fourth-order valence-corrected chi connectivity index (χ4v) is 1.13. The number of methoxy groups -OCH3 is 1. The molecule has 0 aliphatic heterocycles. The maximum atomic E-state index is 8.84. The average Bonchev–Trinajstić information content (AvgIpc) is 2.18. The van der Waals surface area contributed by atoms with Gasteiger partial charge in [-0.15, -0.1) is 0 Å². The van der Waals surface area contributed by atoms with E-state index in [1.807, 2.05) is 18.2 Å². The second-order valence-corrected chi connectivity index (χ2v) is 3.01. The number of nitriles is 1. The quantitative estimate of drug-likeness (QED) is 0.740. The van der Waals surface area contributed by atoms with E-state index in [1.54, 1.807) is 26.2 Å². The van der Waals surface area contributed by atoms with E-state index >= 15 is 0 Å². The van der Waals surface area contributed by atoms with Gasteiger partial charge in [-0.05, 0) is 13.0 Å². The van der Waals surface area contributed by atoms with Crippen molar-refractivity contribution in [2.45, 2.75) is 12.5 Å². The minimum Gasteiger partial charge on any atom is -0.496 e. The number of ether oxygens (including phenoxy) is 1. The fourth-order valence-electron chi connectivity index (χ4n) is 1.13. The first-order valence-electron chi connectivity index (χ1n) is 3.95. The van der Waals surface area contributed by atoms with Gasteiger partial charge in [-0.1, -0.05) is 18.2 Å². The zero-order valence-corrected chi connectivity index (χ0v) is 7.74. The molecule has 68 valence electrons. The molecule has 2 N–H and O–H groups in total. The smallest absolute Gasteiger partial charge is 0.130 e. The molecule has 13 heavy (non-hydrogen) atoms. The lowest BCUT2D eigenvalue weighted by Crippen LogP contribution is -2.31. The molecule has 0 aliphatic rings. The van der Waals surface area contributed by atoms with Crippen LogP contribution in [0.25, 0.3) is 0 Å². The Balaban J connectivity index is 3.22. The van der Waals surface area contributed by atoms with Gasteiger partial charge in [-0.2, -0.15) is 5.26 Å². The number of hydrogen-bond donors (Lipinski definition) is 1. The largest absolute Gasteiger partial charge is 0.496 e. The molecule has 0 heterocycles. The summed E-state index contributed by atoms with van der Waals surface area (Å²) >= 11 is 0. The van der Waals surface area contributed by atoms with E-state index in [1.165, 1.54) is 0 Å². The molecular formula is C10H12N2O. The third-order valence-corrected chi connectivity index (χ3v) is 1.90. The van der Waals surface area contributed by atoms with Crippen molar-refractivity contribution in [1.29, 1.82) is 5.26 Å². The van der Waals surface area contributed by atoms with Crippen LogP contribution in [0.4, 0.5) is 0 Å². The first-order valence-corrected chi connectivity index (χ1v) is 3.95. The highest BCUT2D eigenvalue weighted by atomic mass is 16.5. The lowest BCUT2D eigenvalue weighted by Gasteiger charge is -2.18. The summed E-state index contributed by atoms with van der Waals surface area (Å²) in [5.74, 6) is 0.647.